The van der Waals surface area contributed by atoms with Crippen LogP contribution in [0.5, 0.6) is 5.75 Å². The summed E-state index contributed by atoms with van der Waals surface area (Å²) < 4.78 is 31.1. The molecular weight excluding hydrogens is 487 g/mol. The number of piperidine rings is 1. The van der Waals surface area contributed by atoms with Crippen LogP contribution in [0, 0.1) is 23.6 Å². The van der Waals surface area contributed by atoms with E-state index in [0.717, 1.165) is 42.9 Å². The van der Waals surface area contributed by atoms with Crippen LogP contribution in [-0.4, -0.2) is 73.4 Å². The molecule has 2 atom stereocenters. The SMILES string of the molecule is CCOCc1cnc(N2CCC([C@H]3C[C@H]3CCOc3ccc(CC(=O)N4CC(OC)C4)c(F)c3)CC2)nc1. The van der Waals surface area contributed by atoms with Gasteiger partial charge in [0.1, 0.15) is 11.6 Å². The third-order valence-corrected chi connectivity index (χ3v) is 8.23. The second-order valence-corrected chi connectivity index (χ2v) is 10.7. The number of benzene rings is 1. The van der Waals surface area contributed by atoms with E-state index in [0.29, 0.717) is 50.1 Å². The van der Waals surface area contributed by atoms with Crippen LogP contribution < -0.4 is 9.64 Å². The summed E-state index contributed by atoms with van der Waals surface area (Å²) in [4.78, 5) is 25.4. The molecule has 2 saturated heterocycles. The number of hydrogen-bond acceptors (Lipinski definition) is 7. The molecule has 0 N–H and O–H groups in total. The molecule has 0 radical (unpaired) electrons. The van der Waals surface area contributed by atoms with E-state index in [1.807, 2.05) is 19.3 Å². The molecule has 2 aliphatic heterocycles. The van der Waals surface area contributed by atoms with Crippen molar-refractivity contribution in [3.05, 3.63) is 47.5 Å². The van der Waals surface area contributed by atoms with E-state index < -0.39 is 0 Å². The van der Waals surface area contributed by atoms with Crippen molar-refractivity contribution in [3.8, 4) is 5.75 Å². The number of ether oxygens (including phenoxy) is 3. The maximum absolute atomic E-state index is 14.6. The van der Waals surface area contributed by atoms with Gasteiger partial charge in [0.2, 0.25) is 11.9 Å². The number of rotatable bonds is 12. The summed E-state index contributed by atoms with van der Waals surface area (Å²) in [6.07, 6.45) is 8.48. The fraction of sp³-hybridized carbons (Fsp3) is 0.621. The average Bonchev–Trinajstić information content (AvgIpc) is 3.68. The van der Waals surface area contributed by atoms with Crippen LogP contribution in [0.25, 0.3) is 0 Å². The molecule has 0 spiro atoms. The maximum atomic E-state index is 14.6. The monoisotopic (exact) mass is 526 g/mol. The summed E-state index contributed by atoms with van der Waals surface area (Å²) >= 11 is 0. The van der Waals surface area contributed by atoms with E-state index in [1.165, 1.54) is 25.3 Å². The summed E-state index contributed by atoms with van der Waals surface area (Å²) in [5.74, 6) is 3.08. The number of halogens is 1. The molecule has 1 saturated carbocycles. The quantitative estimate of drug-likeness (QED) is 0.416. The Hall–Kier alpha value is -2.78. The van der Waals surface area contributed by atoms with E-state index in [4.69, 9.17) is 14.2 Å². The lowest BCUT2D eigenvalue weighted by atomic mass is 9.90. The van der Waals surface area contributed by atoms with Gasteiger partial charge in [-0.2, -0.15) is 0 Å². The first-order valence-corrected chi connectivity index (χ1v) is 13.9. The first-order chi connectivity index (χ1) is 18.5. The second kappa shape index (κ2) is 12.4. The molecule has 5 rings (SSSR count). The predicted molar refractivity (Wildman–Crippen MR) is 141 cm³/mol. The number of likely N-dealkylation sites (tertiary alicyclic amines) is 1. The molecule has 206 valence electrons. The highest BCUT2D eigenvalue weighted by molar-refractivity contribution is 5.79. The van der Waals surface area contributed by atoms with Crippen molar-refractivity contribution in [3.63, 3.8) is 0 Å². The topological polar surface area (TPSA) is 77.0 Å². The van der Waals surface area contributed by atoms with Gasteiger partial charge in [0.15, 0.2) is 0 Å². The van der Waals surface area contributed by atoms with Crippen LogP contribution in [0.3, 0.4) is 0 Å². The highest BCUT2D eigenvalue weighted by atomic mass is 19.1. The molecule has 1 aromatic heterocycles. The van der Waals surface area contributed by atoms with Crippen LogP contribution in [0.15, 0.2) is 30.6 Å². The number of methoxy groups -OCH3 is 1. The lowest BCUT2D eigenvalue weighted by Gasteiger charge is -2.38. The fourth-order valence-corrected chi connectivity index (χ4v) is 5.67. The number of anilines is 1. The minimum atomic E-state index is -0.386. The van der Waals surface area contributed by atoms with E-state index in [2.05, 4.69) is 14.9 Å². The van der Waals surface area contributed by atoms with Crippen molar-refractivity contribution >= 4 is 11.9 Å². The number of hydrogen-bond donors (Lipinski definition) is 0. The van der Waals surface area contributed by atoms with E-state index in [9.17, 15) is 9.18 Å². The van der Waals surface area contributed by atoms with Crippen LogP contribution in [0.1, 0.15) is 43.7 Å². The molecule has 0 unspecified atom stereocenters. The number of aromatic nitrogens is 2. The van der Waals surface area contributed by atoms with Gasteiger partial charge in [-0.15, -0.1) is 0 Å². The molecule has 9 heteroatoms. The summed E-state index contributed by atoms with van der Waals surface area (Å²) in [6, 6.07) is 4.84. The summed E-state index contributed by atoms with van der Waals surface area (Å²) in [5.41, 5.74) is 1.41. The zero-order chi connectivity index (χ0) is 26.5. The Labute approximate surface area is 224 Å². The van der Waals surface area contributed by atoms with Crippen molar-refractivity contribution < 1.29 is 23.4 Å². The zero-order valence-corrected chi connectivity index (χ0v) is 22.5. The highest BCUT2D eigenvalue weighted by Gasteiger charge is 2.43. The van der Waals surface area contributed by atoms with Gasteiger partial charge in [-0.3, -0.25) is 4.79 Å². The normalized spacial score (nSPS) is 21.9. The van der Waals surface area contributed by atoms with E-state index in [-0.39, 0.29) is 24.2 Å². The summed E-state index contributed by atoms with van der Waals surface area (Å²) in [7, 11) is 1.64. The predicted octanol–water partition coefficient (Wildman–Crippen LogP) is 3.87. The van der Waals surface area contributed by atoms with Crippen molar-refractivity contribution in [1.82, 2.24) is 14.9 Å². The van der Waals surface area contributed by atoms with E-state index >= 15 is 0 Å². The molecule has 1 aromatic carbocycles. The molecule has 1 aliphatic carbocycles. The molecule has 3 heterocycles. The lowest BCUT2D eigenvalue weighted by Crippen LogP contribution is -2.54. The van der Waals surface area contributed by atoms with Crippen LogP contribution >= 0.6 is 0 Å². The van der Waals surface area contributed by atoms with Gasteiger partial charge in [-0.05, 0) is 62.0 Å². The Morgan fingerprint density at radius 2 is 1.92 bits per heavy atom. The first kappa shape index (κ1) is 26.8. The van der Waals surface area contributed by atoms with Crippen molar-refractivity contribution in [1.29, 1.82) is 0 Å². The smallest absolute Gasteiger partial charge is 0.227 e. The third kappa shape index (κ3) is 6.61. The minimum Gasteiger partial charge on any atom is -0.493 e. The fourth-order valence-electron chi connectivity index (χ4n) is 5.67. The number of nitrogens with zero attached hydrogens (tertiary/aromatic N) is 4. The maximum Gasteiger partial charge on any atom is 0.227 e. The number of carbonyl (C=O) groups is 1. The van der Waals surface area contributed by atoms with Crippen molar-refractivity contribution in [2.45, 2.75) is 51.7 Å². The van der Waals surface area contributed by atoms with Gasteiger partial charge >= 0.3 is 0 Å². The van der Waals surface area contributed by atoms with Crippen molar-refractivity contribution in [2.24, 2.45) is 17.8 Å². The van der Waals surface area contributed by atoms with Gasteiger partial charge in [0.05, 0.1) is 25.7 Å². The first-order valence-electron chi connectivity index (χ1n) is 13.9. The van der Waals surface area contributed by atoms with Crippen molar-refractivity contribution in [2.75, 3.05) is 51.4 Å². The van der Waals surface area contributed by atoms with E-state index in [1.54, 1.807) is 24.1 Å². The molecule has 0 bridgehead atoms. The third-order valence-electron chi connectivity index (χ3n) is 8.23. The molecule has 8 nitrogen and oxygen atoms in total. The number of amides is 1. The Morgan fingerprint density at radius 1 is 1.16 bits per heavy atom. The lowest BCUT2D eigenvalue weighted by molar-refractivity contribution is -0.142. The van der Waals surface area contributed by atoms with Crippen LogP contribution in [0.2, 0.25) is 0 Å². The molecule has 3 fully saturated rings. The molecular formula is C29H39FN4O4. The van der Waals surface area contributed by atoms with Gasteiger partial charge < -0.3 is 24.0 Å². The second-order valence-electron chi connectivity index (χ2n) is 10.7. The summed E-state index contributed by atoms with van der Waals surface area (Å²) in [6.45, 7) is 6.97. The van der Waals surface area contributed by atoms with Crippen LogP contribution in [0.4, 0.5) is 10.3 Å². The minimum absolute atomic E-state index is 0.0659. The Balaban J connectivity index is 0.994. The number of carbonyl (C=O) groups excluding carboxylic acids is 1. The summed E-state index contributed by atoms with van der Waals surface area (Å²) in [5, 5.41) is 0. The highest BCUT2D eigenvalue weighted by Crippen LogP contribution is 2.49. The zero-order valence-electron chi connectivity index (χ0n) is 22.5. The average molecular weight is 527 g/mol. The Bertz CT molecular complexity index is 1070. The van der Waals surface area contributed by atoms with Gasteiger partial charge in [0, 0.05) is 63.9 Å². The standard InChI is InChI=1S/C29H39FN4O4/c1-3-37-19-20-15-31-29(32-16-20)33-9-6-21(7-10-33)26-12-22(26)8-11-38-24-5-4-23(27(30)14-24)13-28(35)34-17-25(18-34)36-2/h4-5,14-16,21-22,25-26H,3,6-13,17-19H2,1-2H3/t22-,26-/m1/s1. The molecule has 38 heavy (non-hydrogen) atoms. The molecule has 1 amide bonds. The van der Waals surface area contributed by atoms with Gasteiger partial charge in [0.25, 0.3) is 0 Å². The van der Waals surface area contributed by atoms with Crippen LogP contribution in [-0.2, 0) is 27.3 Å². The Morgan fingerprint density at radius 3 is 2.61 bits per heavy atom. The van der Waals surface area contributed by atoms with Gasteiger partial charge in [-0.25, -0.2) is 14.4 Å². The molecule has 2 aromatic rings. The Kier molecular flexibility index (Phi) is 8.74. The molecule has 3 aliphatic rings. The van der Waals surface area contributed by atoms with Gasteiger partial charge in [-0.1, -0.05) is 6.07 Å². The largest absolute Gasteiger partial charge is 0.493 e.